The van der Waals surface area contributed by atoms with E-state index in [0.29, 0.717) is 55.5 Å². The van der Waals surface area contributed by atoms with E-state index in [-0.39, 0.29) is 46.1 Å². The summed E-state index contributed by atoms with van der Waals surface area (Å²) in [4.78, 5) is 39.6. The maximum atomic E-state index is 16.6. The summed E-state index contributed by atoms with van der Waals surface area (Å²) < 4.78 is 66.3. The van der Waals surface area contributed by atoms with Gasteiger partial charge in [-0.05, 0) is 135 Å². The van der Waals surface area contributed by atoms with Gasteiger partial charge in [-0.3, -0.25) is 24.7 Å². The minimum Gasteiger partial charge on any atom is -0.455 e. The number of benzene rings is 4. The predicted octanol–water partition coefficient (Wildman–Crippen LogP) is 10.4. The number of amides is 1. The van der Waals surface area contributed by atoms with Gasteiger partial charge in [0.15, 0.2) is 0 Å². The first-order valence-corrected chi connectivity index (χ1v) is 27.2. The van der Waals surface area contributed by atoms with Crippen LogP contribution in [0.5, 0.6) is 11.5 Å². The van der Waals surface area contributed by atoms with Crippen LogP contribution in [0.15, 0.2) is 108 Å². The molecule has 4 aromatic carbocycles. The third-order valence-corrected chi connectivity index (χ3v) is 17.5. The smallest absolute Gasteiger partial charge is 0.293 e. The monoisotopic (exact) mass is 1030 g/mol. The Kier molecular flexibility index (Phi) is 14.3. The number of aromatic amines is 1. The van der Waals surface area contributed by atoms with Gasteiger partial charge in [-0.25, -0.2) is 26.9 Å². The molecular formula is C56H64F2N8O7S. The van der Waals surface area contributed by atoms with Gasteiger partial charge in [0.25, 0.3) is 21.6 Å². The predicted molar refractivity (Wildman–Crippen MR) is 280 cm³/mol. The minimum atomic E-state index is -4.73. The number of pyridine rings is 1. The number of carbonyl (C=O) groups excluding carboxylic acids is 1. The van der Waals surface area contributed by atoms with E-state index in [1.165, 1.54) is 47.7 Å². The van der Waals surface area contributed by atoms with Gasteiger partial charge in [-0.15, -0.1) is 0 Å². The van der Waals surface area contributed by atoms with Crippen molar-refractivity contribution in [3.8, 4) is 11.5 Å². The molecule has 0 unspecified atom stereocenters. The first kappa shape index (κ1) is 51.0. The average Bonchev–Trinajstić information content (AvgIpc) is 3.85. The number of nitro groups is 1. The molecule has 6 aromatic rings. The van der Waals surface area contributed by atoms with Crippen LogP contribution < -0.4 is 19.7 Å². The Morgan fingerprint density at radius 1 is 0.959 bits per heavy atom. The highest BCUT2D eigenvalue weighted by atomic mass is 32.2. The molecule has 10 rings (SSSR count). The van der Waals surface area contributed by atoms with Crippen molar-refractivity contribution in [1.29, 1.82) is 0 Å². The lowest BCUT2D eigenvalue weighted by Gasteiger charge is -2.58. The highest BCUT2D eigenvalue weighted by molar-refractivity contribution is 7.90. The fourth-order valence-electron chi connectivity index (χ4n) is 11.8. The number of hydrogen-bond acceptors (Lipinski definition) is 12. The van der Waals surface area contributed by atoms with Crippen LogP contribution in [0.25, 0.3) is 11.0 Å². The van der Waals surface area contributed by atoms with Crippen molar-refractivity contribution in [2.75, 3.05) is 49.5 Å². The van der Waals surface area contributed by atoms with E-state index in [4.69, 9.17) is 4.74 Å². The maximum absolute atomic E-state index is 16.6. The van der Waals surface area contributed by atoms with Crippen molar-refractivity contribution in [3.63, 3.8) is 0 Å². The number of hydrogen-bond donors (Lipinski definition) is 4. The number of H-pyrrole nitrogens is 1. The van der Waals surface area contributed by atoms with Crippen LogP contribution in [-0.4, -0.2) is 95.0 Å². The Hall–Kier alpha value is -6.47. The molecule has 2 saturated heterocycles. The van der Waals surface area contributed by atoms with Crippen molar-refractivity contribution in [1.82, 2.24) is 24.5 Å². The van der Waals surface area contributed by atoms with Gasteiger partial charge >= 0.3 is 0 Å². The number of fused-ring (bicyclic) bond motifs is 1. The SMILES string of the molecule is CC(C)c1ccccc1[C@@H]1CN(Cc2ccc(F)cc2)CCN1C1CC2(CCN(c3cc(Oc4cnc5[nH]ccc5c4)c(C(=O)NS(=O)(=O)c4ccc(NC[C@H]5CC[C@](C)(O)CC5)c([N+](=O)[O-])c4)cc3F)CC2)C1. The van der Waals surface area contributed by atoms with Gasteiger partial charge in [0.05, 0.1) is 32.9 Å². The second kappa shape index (κ2) is 20.7. The number of piperidine rings is 1. The number of rotatable bonds is 15. The number of piperazine rings is 1. The summed E-state index contributed by atoms with van der Waals surface area (Å²) in [6, 6.07) is 25.4. The number of anilines is 2. The van der Waals surface area contributed by atoms with Gasteiger partial charge < -0.3 is 25.0 Å². The molecule has 0 radical (unpaired) electrons. The molecule has 74 heavy (non-hydrogen) atoms. The van der Waals surface area contributed by atoms with Gasteiger partial charge in [-0.1, -0.05) is 50.2 Å². The van der Waals surface area contributed by atoms with E-state index in [2.05, 4.69) is 63.2 Å². The van der Waals surface area contributed by atoms with Crippen LogP contribution in [0.2, 0.25) is 0 Å². The first-order valence-electron chi connectivity index (χ1n) is 25.7. The summed E-state index contributed by atoms with van der Waals surface area (Å²) in [6.45, 7) is 11.2. The van der Waals surface area contributed by atoms with Crippen molar-refractivity contribution in [3.05, 3.63) is 147 Å². The fourth-order valence-corrected chi connectivity index (χ4v) is 12.8. The quantitative estimate of drug-likeness (QED) is 0.0564. The molecule has 2 aromatic heterocycles. The van der Waals surface area contributed by atoms with Crippen LogP contribution >= 0.6 is 0 Å². The number of ether oxygens (including phenoxy) is 1. The third kappa shape index (κ3) is 11.0. The number of nitrogens with zero attached hydrogens (tertiary/aromatic N) is 5. The van der Waals surface area contributed by atoms with Gasteiger partial charge in [0, 0.05) is 81.6 Å². The fraction of sp³-hybridized carbons (Fsp3) is 0.429. The van der Waals surface area contributed by atoms with Crippen molar-refractivity contribution in [2.24, 2.45) is 11.3 Å². The molecule has 1 amide bonds. The van der Waals surface area contributed by atoms with Crippen LogP contribution in [-0.2, 0) is 16.6 Å². The molecule has 4 N–H and O–H groups in total. The zero-order valence-corrected chi connectivity index (χ0v) is 42.8. The maximum Gasteiger partial charge on any atom is 0.293 e. The van der Waals surface area contributed by atoms with E-state index >= 15 is 4.39 Å². The molecule has 390 valence electrons. The first-order chi connectivity index (χ1) is 35.4. The zero-order valence-electron chi connectivity index (χ0n) is 42.0. The Bertz CT molecular complexity index is 3140. The third-order valence-electron chi connectivity index (χ3n) is 16.1. The van der Waals surface area contributed by atoms with Gasteiger partial charge in [0.1, 0.15) is 34.5 Å². The van der Waals surface area contributed by atoms with E-state index in [0.717, 1.165) is 82.4 Å². The van der Waals surface area contributed by atoms with Crippen molar-refractivity contribution >= 4 is 44.0 Å². The van der Waals surface area contributed by atoms with E-state index in [1.54, 1.807) is 25.3 Å². The lowest BCUT2D eigenvalue weighted by molar-refractivity contribution is -0.384. The summed E-state index contributed by atoms with van der Waals surface area (Å²) in [5.74, 6) is -1.52. The standard InChI is InChI=1S/C56H64F2N8O7S/c1-36(2)44-6-4-5-7-45(44)51-35-63(34-38-8-10-40(57)11-9-38)24-25-65(51)41-30-56(31-41)19-22-64(23-20-56)49-29-52(73-42-26-39-16-21-59-53(39)61-33-42)46(28-47(49)58)54(67)62-74(71,72)43-12-13-48(50(27-43)66(69)70)60-32-37-14-17-55(3,68)18-15-37/h4-13,16,21,26-29,33,36-37,41,51,60,68H,14-15,17-20,22-25,30-32,34-35H2,1-3H3,(H,59,61)(H,62,67)/t37-,51-,55-/m0/s1. The molecule has 2 aliphatic carbocycles. The molecule has 1 atom stereocenters. The minimum absolute atomic E-state index is 0.0813. The topological polar surface area (TPSA) is 186 Å². The number of aromatic nitrogens is 2. The summed E-state index contributed by atoms with van der Waals surface area (Å²) in [5.41, 5.74) is 3.16. The van der Waals surface area contributed by atoms with E-state index in [1.807, 2.05) is 21.8 Å². The summed E-state index contributed by atoms with van der Waals surface area (Å²) in [7, 11) is -4.73. The highest BCUT2D eigenvalue weighted by Crippen LogP contribution is 2.54. The molecule has 15 nitrogen and oxygen atoms in total. The molecule has 0 bridgehead atoms. The molecule has 18 heteroatoms. The number of sulfonamides is 1. The normalized spacial score (nSPS) is 21.7. The van der Waals surface area contributed by atoms with Crippen molar-refractivity contribution in [2.45, 2.75) is 107 Å². The van der Waals surface area contributed by atoms with Crippen LogP contribution in [0.1, 0.15) is 111 Å². The molecule has 4 heterocycles. The Balaban J connectivity index is 0.847. The summed E-state index contributed by atoms with van der Waals surface area (Å²) in [6.07, 6.45) is 9.53. The number of nitro benzene ring substituents is 1. The molecule has 1 spiro atoms. The van der Waals surface area contributed by atoms with Crippen LogP contribution in [0.4, 0.5) is 25.8 Å². The Morgan fingerprint density at radius 2 is 1.70 bits per heavy atom. The second-order valence-corrected chi connectivity index (χ2v) is 23.3. The summed E-state index contributed by atoms with van der Waals surface area (Å²) >= 11 is 0. The summed E-state index contributed by atoms with van der Waals surface area (Å²) in [5, 5.41) is 26.3. The average molecular weight is 1030 g/mol. The molecule has 4 aliphatic rings. The van der Waals surface area contributed by atoms with E-state index < -0.39 is 48.4 Å². The number of nitrogens with one attached hydrogen (secondary N) is 3. The van der Waals surface area contributed by atoms with Gasteiger partial charge in [0.2, 0.25) is 0 Å². The molecular weight excluding hydrogens is 967 g/mol. The highest BCUT2D eigenvalue weighted by Gasteiger charge is 2.50. The van der Waals surface area contributed by atoms with E-state index in [9.17, 15) is 32.8 Å². The second-order valence-electron chi connectivity index (χ2n) is 21.6. The molecule has 4 fully saturated rings. The number of aliphatic hydroxyl groups is 1. The molecule has 2 saturated carbocycles. The number of carbonyl (C=O) groups is 1. The van der Waals surface area contributed by atoms with Crippen molar-refractivity contribution < 1.29 is 36.8 Å². The zero-order chi connectivity index (χ0) is 51.9. The lowest BCUT2D eigenvalue weighted by atomic mass is 9.59. The number of halogens is 2. The largest absolute Gasteiger partial charge is 0.455 e. The van der Waals surface area contributed by atoms with Crippen LogP contribution in [0, 0.1) is 33.1 Å². The van der Waals surface area contributed by atoms with Gasteiger partial charge in [-0.2, -0.15) is 0 Å². The Labute approximate surface area is 430 Å². The Morgan fingerprint density at radius 3 is 2.43 bits per heavy atom. The van der Waals surface area contributed by atoms with Crippen LogP contribution in [0.3, 0.4) is 0 Å². The lowest BCUT2D eigenvalue weighted by Crippen LogP contribution is -2.60. The molecule has 2 aliphatic heterocycles.